The molecule has 4 aromatic carbocycles. The van der Waals surface area contributed by atoms with E-state index in [0.29, 0.717) is 50.2 Å². The summed E-state index contributed by atoms with van der Waals surface area (Å²) in [4.78, 5) is 25.6. The average molecular weight is 755 g/mol. The summed E-state index contributed by atoms with van der Waals surface area (Å²) in [6, 6.07) is 31.6. The number of hydrogen-bond acceptors (Lipinski definition) is 7. The molecular formula is C44H51ClN2O7. The van der Waals surface area contributed by atoms with Crippen molar-refractivity contribution in [2.75, 3.05) is 19.6 Å². The van der Waals surface area contributed by atoms with Crippen molar-refractivity contribution < 1.29 is 34.4 Å². The zero-order valence-electron chi connectivity index (χ0n) is 30.7. The molecule has 3 atom stereocenters. The number of carboxylic acids is 1. The van der Waals surface area contributed by atoms with E-state index < -0.39 is 17.9 Å². The van der Waals surface area contributed by atoms with E-state index >= 15 is 0 Å². The molecule has 4 aromatic rings. The first-order valence-corrected chi connectivity index (χ1v) is 19.4. The van der Waals surface area contributed by atoms with Crippen LogP contribution in [0, 0.1) is 0 Å². The number of carbonyl (C=O) groups is 2. The van der Waals surface area contributed by atoms with Crippen molar-refractivity contribution in [3.63, 3.8) is 0 Å². The highest BCUT2D eigenvalue weighted by molar-refractivity contribution is 6.30. The van der Waals surface area contributed by atoms with E-state index in [0.717, 1.165) is 71.3 Å². The molecule has 286 valence electrons. The lowest BCUT2D eigenvalue weighted by Gasteiger charge is -2.42. The molecular weight excluding hydrogens is 704 g/mol. The predicted octanol–water partition coefficient (Wildman–Crippen LogP) is 8.07. The van der Waals surface area contributed by atoms with Gasteiger partial charge in [0.25, 0.3) is 0 Å². The van der Waals surface area contributed by atoms with Crippen molar-refractivity contribution in [1.82, 2.24) is 10.2 Å². The topological polar surface area (TPSA) is 129 Å². The number of carbonyl (C=O) groups excluding carboxylic acids is 1. The molecule has 2 fully saturated rings. The molecule has 0 saturated carbocycles. The highest BCUT2D eigenvalue weighted by Gasteiger charge is 2.37. The Hall–Kier alpha value is -4.09. The fourth-order valence-electron chi connectivity index (χ4n) is 7.45. The first kappa shape index (κ1) is 39.6. The van der Waals surface area contributed by atoms with Gasteiger partial charge in [-0.3, -0.25) is 9.59 Å². The molecule has 0 radical (unpaired) electrons. The lowest BCUT2D eigenvalue weighted by atomic mass is 9.84. The van der Waals surface area contributed by atoms with Crippen LogP contribution in [-0.2, 0) is 37.8 Å². The van der Waals surface area contributed by atoms with Gasteiger partial charge in [-0.15, -0.1) is 0 Å². The highest BCUT2D eigenvalue weighted by Crippen LogP contribution is 2.40. The number of ether oxygens (including phenoxy) is 2. The van der Waals surface area contributed by atoms with Gasteiger partial charge >= 0.3 is 5.97 Å². The summed E-state index contributed by atoms with van der Waals surface area (Å²) in [5, 5.41) is 33.6. The Morgan fingerprint density at radius 2 is 1.48 bits per heavy atom. The van der Waals surface area contributed by atoms with Crippen LogP contribution < -0.4 is 5.32 Å². The van der Waals surface area contributed by atoms with Crippen LogP contribution in [0.4, 0.5) is 0 Å². The van der Waals surface area contributed by atoms with E-state index in [1.807, 2.05) is 78.9 Å². The summed E-state index contributed by atoms with van der Waals surface area (Å²) in [5.74, 6) is -0.793. The molecule has 10 heteroatoms. The van der Waals surface area contributed by atoms with Gasteiger partial charge in [-0.2, -0.15) is 0 Å². The molecule has 2 saturated heterocycles. The lowest BCUT2D eigenvalue weighted by Crippen LogP contribution is -2.46. The van der Waals surface area contributed by atoms with Crippen LogP contribution in [0.2, 0.25) is 5.02 Å². The quantitative estimate of drug-likeness (QED) is 0.0846. The number of nitrogens with zero attached hydrogens (tertiary/aromatic N) is 1. The fraction of sp³-hybridized carbons (Fsp3) is 0.409. The van der Waals surface area contributed by atoms with Crippen molar-refractivity contribution in [3.05, 3.63) is 130 Å². The van der Waals surface area contributed by atoms with Crippen LogP contribution in [0.3, 0.4) is 0 Å². The van der Waals surface area contributed by atoms with Crippen LogP contribution in [-0.4, -0.2) is 57.8 Å². The van der Waals surface area contributed by atoms with E-state index in [4.69, 9.17) is 26.2 Å². The zero-order chi connectivity index (χ0) is 37.9. The first-order valence-electron chi connectivity index (χ1n) is 19.1. The summed E-state index contributed by atoms with van der Waals surface area (Å²) < 4.78 is 13.3. The third kappa shape index (κ3) is 10.8. The summed E-state index contributed by atoms with van der Waals surface area (Å²) in [6.07, 6.45) is 4.63. The number of halogens is 1. The van der Waals surface area contributed by atoms with Gasteiger partial charge in [0.05, 0.1) is 24.4 Å². The van der Waals surface area contributed by atoms with Crippen LogP contribution in [0.25, 0.3) is 11.1 Å². The van der Waals surface area contributed by atoms with Gasteiger partial charge in [0, 0.05) is 56.0 Å². The lowest BCUT2D eigenvalue weighted by molar-refractivity contribution is -0.253. The third-order valence-corrected chi connectivity index (χ3v) is 10.9. The summed E-state index contributed by atoms with van der Waals surface area (Å²) in [6.45, 7) is 2.59. The number of hydrogen-bond donors (Lipinski definition) is 4. The van der Waals surface area contributed by atoms with Gasteiger partial charge in [-0.05, 0) is 71.2 Å². The van der Waals surface area contributed by atoms with Gasteiger partial charge in [0.2, 0.25) is 5.91 Å². The molecule has 6 rings (SSSR count). The number of nitrogens with one attached hydrogen (secondary N) is 1. The van der Waals surface area contributed by atoms with E-state index in [-0.39, 0.29) is 31.1 Å². The second kappa shape index (κ2) is 19.0. The minimum atomic E-state index is -0.880. The predicted molar refractivity (Wildman–Crippen MR) is 209 cm³/mol. The molecule has 4 N–H and O–H groups in total. The van der Waals surface area contributed by atoms with Gasteiger partial charge in [-0.25, -0.2) is 0 Å². The molecule has 0 aromatic heterocycles. The largest absolute Gasteiger partial charge is 0.481 e. The summed E-state index contributed by atoms with van der Waals surface area (Å²) in [7, 11) is 0. The summed E-state index contributed by atoms with van der Waals surface area (Å²) in [5.41, 5.74) is 5.88. The van der Waals surface area contributed by atoms with E-state index in [1.54, 1.807) is 0 Å². The van der Waals surface area contributed by atoms with E-state index in [1.165, 1.54) is 0 Å². The Morgan fingerprint density at radius 1 is 0.815 bits per heavy atom. The van der Waals surface area contributed by atoms with E-state index in [2.05, 4.69) is 28.4 Å². The maximum atomic E-state index is 12.6. The van der Waals surface area contributed by atoms with Gasteiger partial charge < -0.3 is 35.0 Å². The number of benzene rings is 4. The molecule has 2 aliphatic heterocycles. The molecule has 9 nitrogen and oxygen atoms in total. The van der Waals surface area contributed by atoms with Gasteiger partial charge in [0.15, 0.2) is 6.29 Å². The number of carboxylic acid groups (broad SMARTS) is 1. The van der Waals surface area contributed by atoms with Crippen molar-refractivity contribution in [2.45, 2.75) is 95.0 Å². The molecule has 0 aliphatic carbocycles. The average Bonchev–Trinajstić information content (AvgIpc) is 3.19. The number of piperidine rings is 1. The fourth-order valence-corrected chi connectivity index (χ4v) is 7.57. The summed E-state index contributed by atoms with van der Waals surface area (Å²) >= 11 is 6.10. The van der Waals surface area contributed by atoms with E-state index in [9.17, 15) is 19.8 Å². The van der Waals surface area contributed by atoms with Crippen molar-refractivity contribution in [1.29, 1.82) is 0 Å². The SMILES string of the molecule is O=C(O)CCCCCCC(=O)NCc1ccccc1-c1ccc([C@@H]2O[C@H](CN3CCC(O)(c4ccc(Cl)cc4)CC3)C[C@H](c3ccc(CO)cc3)O2)cc1. The molecule has 0 bridgehead atoms. The molecule has 54 heavy (non-hydrogen) atoms. The maximum Gasteiger partial charge on any atom is 0.303 e. The number of likely N-dealkylation sites (tertiary alicyclic amines) is 1. The van der Waals surface area contributed by atoms with Gasteiger partial charge in [0.1, 0.15) is 0 Å². The number of aliphatic hydroxyl groups excluding tert-OH is 1. The van der Waals surface area contributed by atoms with Gasteiger partial charge in [-0.1, -0.05) is 109 Å². The Balaban J connectivity index is 1.10. The first-order chi connectivity index (χ1) is 26.2. The molecule has 0 unspecified atom stereocenters. The number of amides is 1. The van der Waals surface area contributed by atoms with Crippen LogP contribution in [0.5, 0.6) is 0 Å². The number of aliphatic carboxylic acids is 1. The smallest absolute Gasteiger partial charge is 0.303 e. The normalized spacial score (nSPS) is 20.0. The minimum Gasteiger partial charge on any atom is -0.481 e. The maximum absolute atomic E-state index is 12.6. The Labute approximate surface area is 322 Å². The van der Waals surface area contributed by atoms with Crippen molar-refractivity contribution in [3.8, 4) is 11.1 Å². The number of unbranched alkanes of at least 4 members (excludes halogenated alkanes) is 3. The zero-order valence-corrected chi connectivity index (χ0v) is 31.4. The third-order valence-electron chi connectivity index (χ3n) is 10.7. The standard InChI is InChI=1S/C44H51ClN2O7/c45-37-21-19-36(20-22-37)44(52)23-25-47(26-24-44)29-38-27-40(33-13-11-31(30-48)12-14-33)54-43(53-38)34-17-15-32(16-18-34)39-8-6-5-7-35(39)28-46-41(49)9-3-1-2-4-10-42(50)51/h5-8,11-22,38,40,43,48,52H,1-4,9-10,23-30H2,(H,46,49)(H,50,51)/t38-,40+,43+/m0/s1. The van der Waals surface area contributed by atoms with Crippen LogP contribution >= 0.6 is 11.6 Å². The number of aliphatic hydroxyl groups is 2. The Kier molecular flexibility index (Phi) is 13.9. The molecule has 0 spiro atoms. The Bertz CT molecular complexity index is 1810. The Morgan fingerprint density at radius 3 is 2.17 bits per heavy atom. The second-order valence-electron chi connectivity index (χ2n) is 14.6. The van der Waals surface area contributed by atoms with Crippen LogP contribution in [0.15, 0.2) is 97.1 Å². The highest BCUT2D eigenvalue weighted by atomic mass is 35.5. The van der Waals surface area contributed by atoms with Crippen LogP contribution in [0.1, 0.15) is 98.0 Å². The molecule has 2 aliphatic rings. The monoisotopic (exact) mass is 754 g/mol. The van der Waals surface area contributed by atoms with Crippen molar-refractivity contribution >= 4 is 23.5 Å². The molecule has 2 heterocycles. The number of rotatable bonds is 16. The van der Waals surface area contributed by atoms with Crippen molar-refractivity contribution in [2.24, 2.45) is 0 Å². The minimum absolute atomic E-state index is 0.0121. The second-order valence-corrected chi connectivity index (χ2v) is 15.0. The molecule has 1 amide bonds.